The summed E-state index contributed by atoms with van der Waals surface area (Å²) < 4.78 is 6.04. The summed E-state index contributed by atoms with van der Waals surface area (Å²) in [5, 5.41) is 3.01. The smallest absolute Gasteiger partial charge is 0.253 e. The number of aromatic nitrogens is 1. The van der Waals surface area contributed by atoms with E-state index in [-0.39, 0.29) is 11.8 Å². The van der Waals surface area contributed by atoms with Gasteiger partial charge in [0.15, 0.2) is 11.6 Å². The number of likely N-dealkylation sites (tertiary alicyclic amines) is 3. The van der Waals surface area contributed by atoms with Crippen LogP contribution in [0.3, 0.4) is 0 Å². The van der Waals surface area contributed by atoms with Crippen LogP contribution in [0.2, 0.25) is 0 Å². The summed E-state index contributed by atoms with van der Waals surface area (Å²) in [5.41, 5.74) is 10.2. The van der Waals surface area contributed by atoms with Crippen LogP contribution in [-0.4, -0.2) is 89.9 Å². The Bertz CT molecular complexity index is 1410. The number of benzene rings is 2. The number of nitrogens with two attached hydrogens (primary N) is 1. The van der Waals surface area contributed by atoms with E-state index < -0.39 is 0 Å². The average molecular weight is 597 g/mol. The van der Waals surface area contributed by atoms with Crippen LogP contribution >= 0.6 is 0 Å². The molecule has 0 radical (unpaired) electrons. The second-order valence-electron chi connectivity index (χ2n) is 12.2. The van der Waals surface area contributed by atoms with E-state index in [1.165, 1.54) is 38.8 Å². The molecule has 3 saturated heterocycles. The third kappa shape index (κ3) is 7.39. The van der Waals surface area contributed by atoms with Gasteiger partial charge < -0.3 is 30.5 Å². The van der Waals surface area contributed by atoms with E-state index in [9.17, 15) is 9.59 Å². The number of carbonyl (C=O) groups is 2. The maximum Gasteiger partial charge on any atom is 0.253 e. The normalized spacial score (nSPS) is 18.0. The summed E-state index contributed by atoms with van der Waals surface area (Å²) in [6.07, 6.45) is 8.94. The molecule has 0 bridgehead atoms. The molecule has 3 fully saturated rings. The number of pyridine rings is 1. The Morgan fingerprint density at radius 3 is 2.20 bits per heavy atom. The first-order valence-corrected chi connectivity index (χ1v) is 16.1. The van der Waals surface area contributed by atoms with Crippen molar-refractivity contribution in [2.24, 2.45) is 0 Å². The highest BCUT2D eigenvalue weighted by molar-refractivity contribution is 5.95. The first-order valence-electron chi connectivity index (χ1n) is 16.1. The number of amides is 2. The van der Waals surface area contributed by atoms with Crippen molar-refractivity contribution in [1.29, 1.82) is 0 Å². The third-order valence-electron chi connectivity index (χ3n) is 9.28. The molecule has 0 unspecified atom stereocenters. The predicted octanol–water partition coefficient (Wildman–Crippen LogP) is 4.44. The highest BCUT2D eigenvalue weighted by Gasteiger charge is 2.28. The molecular weight excluding hydrogens is 552 g/mol. The fourth-order valence-electron chi connectivity index (χ4n) is 6.61. The molecule has 3 aromatic rings. The van der Waals surface area contributed by atoms with Gasteiger partial charge in [0.2, 0.25) is 0 Å². The van der Waals surface area contributed by atoms with Crippen molar-refractivity contribution in [1.82, 2.24) is 25.0 Å². The molecule has 9 nitrogen and oxygen atoms in total. The summed E-state index contributed by atoms with van der Waals surface area (Å²) in [4.78, 5) is 37.0. The zero-order valence-corrected chi connectivity index (χ0v) is 25.5. The van der Waals surface area contributed by atoms with Gasteiger partial charge in [0.25, 0.3) is 11.8 Å². The maximum atomic E-state index is 13.2. The Labute approximate surface area is 260 Å². The lowest BCUT2D eigenvalue weighted by Crippen LogP contribution is -2.45. The lowest BCUT2D eigenvalue weighted by atomic mass is 10.0. The van der Waals surface area contributed by atoms with Crippen LogP contribution in [0.25, 0.3) is 11.1 Å². The summed E-state index contributed by atoms with van der Waals surface area (Å²) in [6.45, 7) is 8.15. The zero-order chi connectivity index (χ0) is 30.3. The Balaban J connectivity index is 1.00. The molecule has 0 saturated carbocycles. The van der Waals surface area contributed by atoms with E-state index in [4.69, 9.17) is 10.5 Å². The minimum absolute atomic E-state index is 0.0624. The highest BCUT2D eigenvalue weighted by atomic mass is 16.5. The van der Waals surface area contributed by atoms with Gasteiger partial charge in [-0.1, -0.05) is 24.3 Å². The summed E-state index contributed by atoms with van der Waals surface area (Å²) >= 11 is 0. The molecule has 3 N–H and O–H groups in total. The molecule has 1 aromatic heterocycles. The van der Waals surface area contributed by atoms with E-state index in [2.05, 4.69) is 20.1 Å². The number of nitrogens with zero attached hydrogens (tertiary/aromatic N) is 4. The number of hydrogen-bond acceptors (Lipinski definition) is 7. The first-order chi connectivity index (χ1) is 21.5. The van der Waals surface area contributed by atoms with Gasteiger partial charge in [-0.2, -0.15) is 0 Å². The summed E-state index contributed by atoms with van der Waals surface area (Å²) in [7, 11) is 0. The molecule has 3 aliphatic heterocycles. The van der Waals surface area contributed by atoms with Crippen LogP contribution in [0.5, 0.6) is 5.75 Å². The number of nitrogen functional groups attached to an aromatic ring is 1. The van der Waals surface area contributed by atoms with Crippen molar-refractivity contribution in [2.45, 2.75) is 51.2 Å². The van der Waals surface area contributed by atoms with Crippen molar-refractivity contribution in [3.8, 4) is 16.9 Å². The second-order valence-corrected chi connectivity index (χ2v) is 12.2. The third-order valence-corrected chi connectivity index (χ3v) is 9.28. The molecule has 0 atom stereocenters. The summed E-state index contributed by atoms with van der Waals surface area (Å²) in [6, 6.07) is 17.6. The lowest BCUT2D eigenvalue weighted by Gasteiger charge is -2.36. The predicted molar refractivity (Wildman–Crippen MR) is 173 cm³/mol. The van der Waals surface area contributed by atoms with E-state index in [0.29, 0.717) is 41.9 Å². The largest absolute Gasteiger partial charge is 0.485 e. The average Bonchev–Trinajstić information content (AvgIpc) is 3.80. The molecule has 9 heteroatoms. The van der Waals surface area contributed by atoms with Crippen molar-refractivity contribution < 1.29 is 14.3 Å². The van der Waals surface area contributed by atoms with Crippen LogP contribution in [0.15, 0.2) is 60.8 Å². The van der Waals surface area contributed by atoms with Crippen molar-refractivity contribution >= 4 is 17.6 Å². The molecule has 0 spiro atoms. The zero-order valence-electron chi connectivity index (χ0n) is 25.5. The maximum absolute atomic E-state index is 13.2. The molecular formula is C35H44N6O3. The number of hydrogen-bond donors (Lipinski definition) is 2. The Kier molecular flexibility index (Phi) is 9.73. The SMILES string of the molecule is Nc1ncc(-c2ccc(C(=O)N3CCC(N4CCCC4)CC3)cc2)cc1OCc1ccc(C(=O)NCCN2CCCC2)cc1. The van der Waals surface area contributed by atoms with E-state index in [1.807, 2.05) is 59.5 Å². The topological polar surface area (TPSA) is 104 Å². The molecule has 44 heavy (non-hydrogen) atoms. The Morgan fingerprint density at radius 2 is 1.50 bits per heavy atom. The highest BCUT2D eigenvalue weighted by Crippen LogP contribution is 2.29. The number of anilines is 1. The Morgan fingerprint density at radius 1 is 0.841 bits per heavy atom. The minimum atomic E-state index is -0.0624. The number of carbonyl (C=O) groups excluding carboxylic acids is 2. The van der Waals surface area contributed by atoms with E-state index in [0.717, 1.165) is 62.3 Å². The summed E-state index contributed by atoms with van der Waals surface area (Å²) in [5.74, 6) is 0.841. The van der Waals surface area contributed by atoms with Crippen LogP contribution in [-0.2, 0) is 6.61 Å². The molecule has 2 aromatic carbocycles. The van der Waals surface area contributed by atoms with Crippen LogP contribution in [0, 0.1) is 0 Å². The number of ether oxygens (including phenoxy) is 1. The van der Waals surface area contributed by atoms with Crippen LogP contribution in [0.1, 0.15) is 64.8 Å². The molecule has 232 valence electrons. The van der Waals surface area contributed by atoms with Crippen LogP contribution in [0.4, 0.5) is 5.82 Å². The Hall–Kier alpha value is -3.95. The fourth-order valence-corrected chi connectivity index (χ4v) is 6.61. The molecule has 3 aliphatic rings. The molecule has 6 rings (SSSR count). The van der Waals surface area contributed by atoms with Crippen molar-refractivity contribution in [3.05, 3.63) is 77.5 Å². The van der Waals surface area contributed by atoms with Crippen LogP contribution < -0.4 is 15.8 Å². The second kappa shape index (κ2) is 14.2. The van der Waals surface area contributed by atoms with E-state index >= 15 is 0 Å². The first kappa shape index (κ1) is 30.1. The van der Waals surface area contributed by atoms with Crippen molar-refractivity contribution in [2.75, 3.05) is 58.1 Å². The van der Waals surface area contributed by atoms with Gasteiger partial charge in [0, 0.05) is 55.1 Å². The monoisotopic (exact) mass is 596 g/mol. The van der Waals surface area contributed by atoms with Gasteiger partial charge >= 0.3 is 0 Å². The van der Waals surface area contributed by atoms with Gasteiger partial charge in [-0.3, -0.25) is 9.59 Å². The van der Waals surface area contributed by atoms with Gasteiger partial charge in [-0.05, 0) is 106 Å². The van der Waals surface area contributed by atoms with Gasteiger partial charge in [-0.25, -0.2) is 4.98 Å². The minimum Gasteiger partial charge on any atom is -0.485 e. The molecule has 0 aliphatic carbocycles. The molecule has 4 heterocycles. The lowest BCUT2D eigenvalue weighted by molar-refractivity contribution is 0.0644. The number of piperidine rings is 1. The number of rotatable bonds is 10. The number of nitrogens with one attached hydrogen (secondary N) is 1. The van der Waals surface area contributed by atoms with Gasteiger partial charge in [-0.15, -0.1) is 0 Å². The standard InChI is InChI=1S/C35H44N6O3/c36-33-32(44-25-26-5-7-28(8-6-26)34(42)37-15-22-39-16-1-2-17-39)23-30(24-38-33)27-9-11-29(12-10-27)35(43)41-20-13-31(14-21-41)40-18-3-4-19-40/h5-12,23-24,31H,1-4,13-22,25H2,(H2,36,38)(H,37,42). The molecule has 2 amide bonds. The van der Waals surface area contributed by atoms with E-state index in [1.54, 1.807) is 6.20 Å². The fraction of sp³-hybridized carbons (Fsp3) is 0.457. The van der Waals surface area contributed by atoms with Crippen molar-refractivity contribution in [3.63, 3.8) is 0 Å². The van der Waals surface area contributed by atoms with Gasteiger partial charge in [0.1, 0.15) is 6.61 Å². The van der Waals surface area contributed by atoms with Gasteiger partial charge in [0.05, 0.1) is 0 Å². The quantitative estimate of drug-likeness (QED) is 0.357.